The van der Waals surface area contributed by atoms with Gasteiger partial charge in [-0.3, -0.25) is 39.4 Å². The Morgan fingerprint density at radius 3 is 2.51 bits per heavy atom. The molecule has 1 aliphatic carbocycles. The third-order valence-electron chi connectivity index (χ3n) is 16.5. The normalized spacial score (nSPS) is 26.6. The predicted octanol–water partition coefficient (Wildman–Crippen LogP) is 7.38. The zero-order valence-corrected chi connectivity index (χ0v) is 42.9. The van der Waals surface area contributed by atoms with E-state index in [1.54, 1.807) is 13.3 Å². The lowest BCUT2D eigenvalue weighted by atomic mass is 9.84. The molecule has 14 nitrogen and oxygen atoms in total. The third kappa shape index (κ3) is 9.92. The van der Waals surface area contributed by atoms with Crippen LogP contribution in [0, 0.1) is 22.7 Å². The monoisotopic (exact) mass is 991 g/mol. The van der Waals surface area contributed by atoms with E-state index in [1.165, 1.54) is 30.0 Å². The number of hydrazine groups is 1. The standard InChI is InChI=1S/C56H72F2N8O6/c1-8-65-44-16-15-36-27-40(44)41(49(65)39-11-9-19-59-45(39)33(4)71-7)28-55(5,6)31-72-54(70)42-12-10-20-66(62-42)52(68)43(25-34-23-37(36)26-38(24-34)50(57)58)60-51(67)48(32(2)3)63-21-17-56(29-63)18-22-64(30-56)53(69)47-46(61-47)35-13-14-35/h9,11,15-16,19,23-24,26-27,32-33,35,42-43,46-48,50,61-62H,8,10,12-14,17-18,20-22,25,28-31H2,1-7H3,(H,60,67)/t33-,42-,43-,46+,47+,48-,56-/m0/s1. The number of pyridine rings is 1. The van der Waals surface area contributed by atoms with Gasteiger partial charge in [0.1, 0.15) is 18.1 Å². The number of rotatable bonds is 11. The maximum atomic E-state index is 15.1. The van der Waals surface area contributed by atoms with E-state index < -0.39 is 41.8 Å². The molecular formula is C56H72F2N8O6. The number of cyclic esters (lactones) is 1. The molecule has 4 saturated heterocycles. The molecule has 3 N–H and O–H groups in total. The molecule has 386 valence electrons. The quantitative estimate of drug-likeness (QED) is 0.102. The van der Waals surface area contributed by atoms with Gasteiger partial charge in [0.2, 0.25) is 11.8 Å². The van der Waals surface area contributed by atoms with Crippen molar-refractivity contribution in [1.29, 1.82) is 0 Å². The van der Waals surface area contributed by atoms with Gasteiger partial charge in [-0.25, -0.2) is 14.2 Å². The number of alkyl halides is 2. The molecule has 72 heavy (non-hydrogen) atoms. The molecule has 1 saturated carbocycles. The first kappa shape index (κ1) is 50.3. The lowest BCUT2D eigenvalue weighted by Crippen LogP contribution is -2.62. The minimum absolute atomic E-state index is 0.0740. The molecule has 2 aromatic carbocycles. The van der Waals surface area contributed by atoms with Crippen LogP contribution in [0.2, 0.25) is 0 Å². The fourth-order valence-corrected chi connectivity index (χ4v) is 12.5. The van der Waals surface area contributed by atoms with Crippen LogP contribution in [0.3, 0.4) is 0 Å². The van der Waals surface area contributed by atoms with Crippen molar-refractivity contribution in [3.05, 3.63) is 77.1 Å². The number of fused-ring (bicyclic) bond motifs is 6. The second kappa shape index (κ2) is 19.9. The number of carbonyl (C=O) groups is 4. The fraction of sp³-hybridized carbons (Fsp3) is 0.589. The average Bonchev–Trinajstić information content (AvgIpc) is 4.28. The number of amides is 3. The molecule has 2 aromatic heterocycles. The number of carbonyl (C=O) groups excluding carboxylic acids is 4. The molecule has 5 aliphatic heterocycles. The van der Waals surface area contributed by atoms with E-state index >= 15 is 8.78 Å². The van der Waals surface area contributed by atoms with Gasteiger partial charge in [0.05, 0.1) is 30.1 Å². The van der Waals surface area contributed by atoms with Crippen LogP contribution in [0.1, 0.15) is 115 Å². The van der Waals surface area contributed by atoms with Gasteiger partial charge in [0.25, 0.3) is 12.3 Å². The van der Waals surface area contributed by atoms with E-state index in [9.17, 15) is 19.2 Å². The van der Waals surface area contributed by atoms with Crippen LogP contribution < -0.4 is 16.1 Å². The molecule has 7 heterocycles. The first-order chi connectivity index (χ1) is 34.5. The van der Waals surface area contributed by atoms with E-state index in [2.05, 4.69) is 58.4 Å². The zero-order valence-electron chi connectivity index (χ0n) is 42.9. The van der Waals surface area contributed by atoms with Crippen molar-refractivity contribution < 1.29 is 37.4 Å². The Bertz CT molecular complexity index is 2740. The van der Waals surface area contributed by atoms with Crippen molar-refractivity contribution >= 4 is 34.6 Å². The van der Waals surface area contributed by atoms with E-state index in [0.717, 1.165) is 46.3 Å². The van der Waals surface area contributed by atoms with Gasteiger partial charge in [-0.15, -0.1) is 0 Å². The van der Waals surface area contributed by atoms with Gasteiger partial charge in [0.15, 0.2) is 0 Å². The summed E-state index contributed by atoms with van der Waals surface area (Å²) in [6.45, 7) is 15.8. The Hall–Kier alpha value is -5.29. The van der Waals surface area contributed by atoms with Gasteiger partial charge in [-0.05, 0) is 130 Å². The number of aromatic nitrogens is 2. The second-order valence-corrected chi connectivity index (χ2v) is 22.8. The molecule has 6 bridgehead atoms. The molecule has 4 aromatic rings. The number of benzene rings is 2. The summed E-state index contributed by atoms with van der Waals surface area (Å²) in [6, 6.07) is 12.5. The van der Waals surface area contributed by atoms with E-state index in [0.29, 0.717) is 80.6 Å². The summed E-state index contributed by atoms with van der Waals surface area (Å²) in [7, 11) is 1.66. The summed E-state index contributed by atoms with van der Waals surface area (Å²) in [5.41, 5.74) is 8.62. The number of esters is 1. The Morgan fingerprint density at radius 2 is 1.78 bits per heavy atom. The van der Waals surface area contributed by atoms with Crippen LogP contribution in [0.15, 0.2) is 54.7 Å². The number of hydrogen-bond donors (Lipinski definition) is 3. The Morgan fingerprint density at radius 1 is 0.986 bits per heavy atom. The van der Waals surface area contributed by atoms with Gasteiger partial charge in [0, 0.05) is 91.4 Å². The molecule has 0 radical (unpaired) electrons. The highest BCUT2D eigenvalue weighted by Crippen LogP contribution is 2.45. The Balaban J connectivity index is 1.00. The maximum Gasteiger partial charge on any atom is 0.324 e. The van der Waals surface area contributed by atoms with Crippen LogP contribution in [0.4, 0.5) is 8.78 Å². The van der Waals surface area contributed by atoms with Crippen LogP contribution in [-0.2, 0) is 48.0 Å². The summed E-state index contributed by atoms with van der Waals surface area (Å²) in [6.07, 6.45) is 4.10. The van der Waals surface area contributed by atoms with Crippen molar-refractivity contribution in [1.82, 2.24) is 40.4 Å². The van der Waals surface area contributed by atoms with Crippen molar-refractivity contribution in [3.8, 4) is 22.4 Å². The van der Waals surface area contributed by atoms with Crippen LogP contribution >= 0.6 is 0 Å². The highest BCUT2D eigenvalue weighted by Gasteiger charge is 2.55. The molecular weight excluding hydrogens is 919 g/mol. The number of methoxy groups -OCH3 is 1. The van der Waals surface area contributed by atoms with Crippen molar-refractivity contribution in [3.63, 3.8) is 0 Å². The van der Waals surface area contributed by atoms with E-state index in [4.69, 9.17) is 14.5 Å². The number of ether oxygens (including phenoxy) is 2. The van der Waals surface area contributed by atoms with Gasteiger partial charge in [-0.1, -0.05) is 45.9 Å². The topological polar surface area (TPSA) is 160 Å². The minimum atomic E-state index is -2.81. The first-order valence-corrected chi connectivity index (χ1v) is 26.4. The SMILES string of the molecule is CCn1c(-c2cccnc2[C@H](C)OC)c2c3cc(ccc31)-c1cc(cc(C(F)F)c1)C[C@H](NC(=O)[C@H](C(C)C)N1CC[C@]3(CCN(C(=O)[C@@H]4N[C@@H]4C4CC4)C3)C1)C(=O)N1CCC[C@H](N1)C(=O)OCC(C)(C)C2. The smallest absolute Gasteiger partial charge is 0.324 e. The molecule has 5 fully saturated rings. The van der Waals surface area contributed by atoms with E-state index in [-0.39, 0.29) is 60.4 Å². The van der Waals surface area contributed by atoms with Crippen molar-refractivity contribution in [2.24, 2.45) is 22.7 Å². The van der Waals surface area contributed by atoms with Crippen LogP contribution in [0.5, 0.6) is 0 Å². The number of halogens is 2. The highest BCUT2D eigenvalue weighted by molar-refractivity contribution is 5.96. The predicted molar refractivity (Wildman–Crippen MR) is 270 cm³/mol. The number of aryl methyl sites for hydroxylation is 1. The molecule has 7 atom stereocenters. The largest absolute Gasteiger partial charge is 0.464 e. The zero-order chi connectivity index (χ0) is 50.8. The lowest BCUT2D eigenvalue weighted by Gasteiger charge is -2.37. The third-order valence-corrected chi connectivity index (χ3v) is 16.5. The summed E-state index contributed by atoms with van der Waals surface area (Å²) in [5.74, 6) is -0.590. The second-order valence-electron chi connectivity index (χ2n) is 22.8. The minimum Gasteiger partial charge on any atom is -0.464 e. The Labute approximate surface area is 421 Å². The van der Waals surface area contributed by atoms with Crippen molar-refractivity contribution in [2.75, 3.05) is 46.4 Å². The molecule has 0 unspecified atom stereocenters. The summed E-state index contributed by atoms with van der Waals surface area (Å²) < 4.78 is 44.4. The summed E-state index contributed by atoms with van der Waals surface area (Å²) in [4.78, 5) is 66.4. The number of likely N-dealkylation sites (tertiary alicyclic amines) is 2. The summed E-state index contributed by atoms with van der Waals surface area (Å²) >= 11 is 0. The average molecular weight is 991 g/mol. The molecule has 6 aliphatic rings. The molecule has 16 heteroatoms. The summed E-state index contributed by atoms with van der Waals surface area (Å²) in [5, 5.41) is 8.90. The lowest BCUT2D eigenvalue weighted by molar-refractivity contribution is -0.155. The fourth-order valence-electron chi connectivity index (χ4n) is 12.5. The number of nitrogens with zero attached hydrogens (tertiary/aromatic N) is 5. The molecule has 1 spiro atoms. The molecule has 3 amide bonds. The Kier molecular flexibility index (Phi) is 13.9. The highest BCUT2D eigenvalue weighted by atomic mass is 19.3. The van der Waals surface area contributed by atoms with E-state index in [1.807, 2.05) is 49.9 Å². The van der Waals surface area contributed by atoms with Gasteiger partial charge >= 0.3 is 5.97 Å². The number of hydrogen-bond acceptors (Lipinski definition) is 10. The van der Waals surface area contributed by atoms with Gasteiger partial charge in [-0.2, -0.15) is 0 Å². The van der Waals surface area contributed by atoms with Crippen molar-refractivity contribution in [2.45, 2.75) is 142 Å². The first-order valence-electron chi connectivity index (χ1n) is 26.4. The number of nitrogens with one attached hydrogen (secondary N) is 3. The maximum absolute atomic E-state index is 15.1. The van der Waals surface area contributed by atoms with Crippen LogP contribution in [-0.4, -0.2) is 125 Å². The van der Waals surface area contributed by atoms with Gasteiger partial charge < -0.3 is 24.3 Å². The molecule has 10 rings (SSSR count). The van der Waals surface area contributed by atoms with Crippen LogP contribution in [0.25, 0.3) is 33.3 Å².